The smallest absolute Gasteiger partial charge is 0.134 e. The van der Waals surface area contributed by atoms with Crippen molar-refractivity contribution in [3.8, 4) is 5.69 Å². The largest absolute Gasteiger partial charge is 0.466 e. The molecule has 0 saturated carbocycles. The van der Waals surface area contributed by atoms with E-state index in [-0.39, 0.29) is 6.04 Å². The first-order chi connectivity index (χ1) is 11.8. The molecule has 3 heteroatoms. The van der Waals surface area contributed by atoms with Gasteiger partial charge in [-0.1, -0.05) is 36.4 Å². The predicted molar refractivity (Wildman–Crippen MR) is 95.4 cm³/mol. The number of fused-ring (bicyclic) bond motifs is 4. The molecule has 2 aromatic heterocycles. The number of aromatic nitrogens is 1. The molecule has 3 heterocycles. The van der Waals surface area contributed by atoms with Gasteiger partial charge in [-0.25, -0.2) is 0 Å². The summed E-state index contributed by atoms with van der Waals surface area (Å²) < 4.78 is 8.31. The van der Waals surface area contributed by atoms with E-state index in [1.165, 1.54) is 27.9 Å². The second-order valence-corrected chi connectivity index (χ2v) is 6.38. The number of rotatable bonds is 1. The highest BCUT2D eigenvalue weighted by atomic mass is 16.3. The fourth-order valence-corrected chi connectivity index (χ4v) is 3.81. The first-order valence-corrected chi connectivity index (χ1v) is 8.28. The molecule has 0 bridgehead atoms. The monoisotopic (exact) mass is 314 g/mol. The molecule has 118 valence electrons. The number of nitrogens with zero attached hydrogens (tertiary/aromatic N) is 1. The first kappa shape index (κ1) is 13.6. The van der Waals surface area contributed by atoms with Gasteiger partial charge in [0.2, 0.25) is 0 Å². The van der Waals surface area contributed by atoms with E-state index >= 15 is 0 Å². The maximum atomic E-state index is 6.04. The normalized spacial score (nSPS) is 16.6. The molecule has 1 aliphatic rings. The van der Waals surface area contributed by atoms with Gasteiger partial charge in [0.25, 0.3) is 0 Å². The van der Waals surface area contributed by atoms with Crippen molar-refractivity contribution in [2.24, 2.45) is 0 Å². The summed E-state index contributed by atoms with van der Waals surface area (Å²) in [6.07, 6.45) is 4.00. The van der Waals surface area contributed by atoms with E-state index in [2.05, 4.69) is 77.6 Å². The number of hydrogen-bond donors (Lipinski definition) is 1. The summed E-state index contributed by atoms with van der Waals surface area (Å²) in [7, 11) is 0. The highest BCUT2D eigenvalue weighted by Gasteiger charge is 2.27. The van der Waals surface area contributed by atoms with Crippen molar-refractivity contribution < 1.29 is 4.42 Å². The molecule has 0 fully saturated rings. The number of hydrogen-bond acceptors (Lipinski definition) is 2. The Hall–Kier alpha value is -2.78. The Labute approximate surface area is 140 Å². The average Bonchev–Trinajstić information content (AvgIpc) is 3.22. The topological polar surface area (TPSA) is 30.1 Å². The number of furan rings is 1. The third-order valence-electron chi connectivity index (χ3n) is 4.95. The van der Waals surface area contributed by atoms with Crippen LogP contribution in [0.15, 0.2) is 71.5 Å². The lowest BCUT2D eigenvalue weighted by Gasteiger charge is -2.16. The lowest BCUT2D eigenvalue weighted by molar-refractivity contribution is 0.448. The molecule has 0 amide bonds. The molecule has 0 saturated heterocycles. The summed E-state index contributed by atoms with van der Waals surface area (Å²) in [6, 6.07) is 19.2. The third-order valence-corrected chi connectivity index (χ3v) is 4.95. The molecule has 24 heavy (non-hydrogen) atoms. The second kappa shape index (κ2) is 5.11. The van der Waals surface area contributed by atoms with Gasteiger partial charge in [0, 0.05) is 34.9 Å². The van der Waals surface area contributed by atoms with Crippen LogP contribution in [0, 0.1) is 6.92 Å². The van der Waals surface area contributed by atoms with E-state index in [0.717, 1.165) is 17.7 Å². The summed E-state index contributed by atoms with van der Waals surface area (Å²) in [4.78, 5) is 0. The van der Waals surface area contributed by atoms with E-state index in [1.807, 2.05) is 6.26 Å². The molecule has 1 aliphatic heterocycles. The van der Waals surface area contributed by atoms with Gasteiger partial charge in [0.1, 0.15) is 11.8 Å². The third kappa shape index (κ3) is 1.88. The maximum absolute atomic E-state index is 6.04. The molecular formula is C21H18N2O. The van der Waals surface area contributed by atoms with Crippen molar-refractivity contribution in [3.63, 3.8) is 0 Å². The van der Waals surface area contributed by atoms with Gasteiger partial charge in [-0.3, -0.25) is 5.32 Å². The molecule has 0 radical (unpaired) electrons. The molecule has 1 unspecified atom stereocenters. The van der Waals surface area contributed by atoms with Crippen LogP contribution in [0.4, 0.5) is 0 Å². The Morgan fingerprint density at radius 3 is 2.92 bits per heavy atom. The van der Waals surface area contributed by atoms with Crippen molar-refractivity contribution in [2.45, 2.75) is 19.5 Å². The lowest BCUT2D eigenvalue weighted by atomic mass is 10.0. The molecule has 5 rings (SSSR count). The quantitative estimate of drug-likeness (QED) is 0.551. The van der Waals surface area contributed by atoms with E-state index in [9.17, 15) is 0 Å². The molecule has 4 aromatic rings. The van der Waals surface area contributed by atoms with Crippen LogP contribution >= 0.6 is 0 Å². The Morgan fingerprint density at radius 1 is 1.04 bits per heavy atom. The minimum atomic E-state index is 0.0333. The van der Waals surface area contributed by atoms with E-state index in [1.54, 1.807) is 0 Å². The summed E-state index contributed by atoms with van der Waals surface area (Å²) in [5.41, 5.74) is 4.99. The van der Waals surface area contributed by atoms with Crippen LogP contribution in [0.25, 0.3) is 16.5 Å². The SMILES string of the molecule is Cc1cccc2coc(C3NCc4ccccc4-n4cccc43)c12. The standard InChI is InChI=1S/C21H18N2O/c1-14-6-4-8-16-13-24-21(19(14)16)20-18-10-5-11-23(18)17-9-3-2-7-15(17)12-22-20/h2-11,13,20,22H,12H2,1H3. The zero-order valence-corrected chi connectivity index (χ0v) is 13.5. The van der Waals surface area contributed by atoms with Crippen molar-refractivity contribution in [1.82, 2.24) is 9.88 Å². The summed E-state index contributed by atoms with van der Waals surface area (Å²) in [6.45, 7) is 2.96. The second-order valence-electron chi connectivity index (χ2n) is 6.38. The number of para-hydroxylation sites is 1. The summed E-state index contributed by atoms with van der Waals surface area (Å²) in [5, 5.41) is 6.06. The van der Waals surface area contributed by atoms with Gasteiger partial charge in [-0.05, 0) is 36.2 Å². The van der Waals surface area contributed by atoms with E-state index < -0.39 is 0 Å². The van der Waals surface area contributed by atoms with Gasteiger partial charge < -0.3 is 8.98 Å². The minimum absolute atomic E-state index is 0.0333. The molecular weight excluding hydrogens is 296 g/mol. The molecule has 0 spiro atoms. The minimum Gasteiger partial charge on any atom is -0.466 e. The summed E-state index contributed by atoms with van der Waals surface area (Å²) in [5.74, 6) is 0.996. The van der Waals surface area contributed by atoms with Gasteiger partial charge in [0.15, 0.2) is 0 Å². The fraction of sp³-hybridized carbons (Fsp3) is 0.143. The summed E-state index contributed by atoms with van der Waals surface area (Å²) >= 11 is 0. The molecule has 1 atom stereocenters. The molecule has 2 aromatic carbocycles. The van der Waals surface area contributed by atoms with Crippen molar-refractivity contribution in [2.75, 3.05) is 0 Å². The zero-order valence-electron chi connectivity index (χ0n) is 13.5. The first-order valence-electron chi connectivity index (χ1n) is 8.28. The van der Waals surface area contributed by atoms with Crippen LogP contribution in [0.1, 0.15) is 28.6 Å². The predicted octanol–water partition coefficient (Wildman–Crippen LogP) is 4.72. The van der Waals surface area contributed by atoms with Crippen molar-refractivity contribution >= 4 is 10.8 Å². The lowest BCUT2D eigenvalue weighted by Crippen LogP contribution is -2.21. The van der Waals surface area contributed by atoms with Crippen LogP contribution in [0.5, 0.6) is 0 Å². The van der Waals surface area contributed by atoms with Crippen LogP contribution in [-0.4, -0.2) is 4.57 Å². The molecule has 0 aliphatic carbocycles. The fourth-order valence-electron chi connectivity index (χ4n) is 3.81. The van der Waals surface area contributed by atoms with Gasteiger partial charge >= 0.3 is 0 Å². The Balaban J connectivity index is 1.74. The van der Waals surface area contributed by atoms with Crippen molar-refractivity contribution in [3.05, 3.63) is 89.6 Å². The van der Waals surface area contributed by atoms with Gasteiger partial charge in [-0.15, -0.1) is 0 Å². The van der Waals surface area contributed by atoms with Crippen LogP contribution in [0.3, 0.4) is 0 Å². The number of nitrogens with one attached hydrogen (secondary N) is 1. The number of benzene rings is 2. The van der Waals surface area contributed by atoms with Gasteiger partial charge in [0.05, 0.1) is 6.26 Å². The molecule has 1 N–H and O–H groups in total. The van der Waals surface area contributed by atoms with Crippen LogP contribution in [-0.2, 0) is 6.54 Å². The average molecular weight is 314 g/mol. The number of aryl methyl sites for hydroxylation is 1. The highest BCUT2D eigenvalue weighted by molar-refractivity contribution is 5.88. The van der Waals surface area contributed by atoms with Crippen molar-refractivity contribution in [1.29, 1.82) is 0 Å². The Morgan fingerprint density at radius 2 is 1.96 bits per heavy atom. The van der Waals surface area contributed by atoms with Crippen LogP contribution < -0.4 is 5.32 Å². The van der Waals surface area contributed by atoms with E-state index in [4.69, 9.17) is 4.42 Å². The van der Waals surface area contributed by atoms with Gasteiger partial charge in [-0.2, -0.15) is 0 Å². The maximum Gasteiger partial charge on any atom is 0.134 e. The molecule has 3 nitrogen and oxygen atoms in total. The Bertz CT molecular complexity index is 1040. The Kier molecular flexibility index (Phi) is 2.91. The zero-order chi connectivity index (χ0) is 16.1. The van der Waals surface area contributed by atoms with Crippen LogP contribution in [0.2, 0.25) is 0 Å². The highest BCUT2D eigenvalue weighted by Crippen LogP contribution is 2.36. The van der Waals surface area contributed by atoms with E-state index in [0.29, 0.717) is 0 Å².